The van der Waals surface area contributed by atoms with Gasteiger partial charge in [0.15, 0.2) is 0 Å². The molecule has 1 aromatic carbocycles. The Balaban J connectivity index is 3.29. The average molecular weight is 313 g/mol. The van der Waals surface area contributed by atoms with Gasteiger partial charge in [-0.15, -0.1) is 0 Å². The van der Waals surface area contributed by atoms with E-state index in [1.54, 1.807) is 0 Å². The predicted molar refractivity (Wildman–Crippen MR) is 81.9 cm³/mol. The molecule has 0 heterocycles. The topological polar surface area (TPSA) is 74.7 Å². The van der Waals surface area contributed by atoms with Gasteiger partial charge in [0.1, 0.15) is 0 Å². The number of aromatic carboxylic acids is 1. The number of hydrogen-bond acceptors (Lipinski definition) is 3. The first kappa shape index (κ1) is 17.7. The Morgan fingerprint density at radius 3 is 2.29 bits per heavy atom. The van der Waals surface area contributed by atoms with Crippen LogP contribution in [0.15, 0.2) is 29.2 Å². The summed E-state index contributed by atoms with van der Waals surface area (Å²) < 4.78 is 26.9. The monoisotopic (exact) mass is 313 g/mol. The minimum Gasteiger partial charge on any atom is -0.478 e. The normalized spacial score (nSPS) is 12.9. The van der Waals surface area contributed by atoms with Gasteiger partial charge in [0, 0.05) is 12.6 Å². The Labute approximate surface area is 126 Å². The highest BCUT2D eigenvalue weighted by Gasteiger charge is 2.31. The minimum absolute atomic E-state index is 0.0142. The van der Waals surface area contributed by atoms with Crippen molar-refractivity contribution in [3.63, 3.8) is 0 Å². The predicted octanol–water partition coefficient (Wildman–Crippen LogP) is 2.83. The molecule has 1 aromatic rings. The Bertz CT molecular complexity index is 615. The van der Waals surface area contributed by atoms with Gasteiger partial charge in [0.05, 0.1) is 10.5 Å². The van der Waals surface area contributed by atoms with E-state index in [0.29, 0.717) is 6.54 Å². The standard InChI is InChI=1S/C15H23NO4S/c1-11(2)16(10-15(3,4)5)21(19,20)13-8-6-7-12(9-13)14(17)18/h6-9,11H,10H2,1-5H3,(H,17,18). The van der Waals surface area contributed by atoms with Crippen molar-refractivity contribution >= 4 is 16.0 Å². The van der Waals surface area contributed by atoms with Crippen LogP contribution in [-0.2, 0) is 10.0 Å². The molecule has 0 saturated heterocycles. The van der Waals surface area contributed by atoms with Gasteiger partial charge in [0.2, 0.25) is 10.0 Å². The number of nitrogens with zero attached hydrogens (tertiary/aromatic N) is 1. The van der Waals surface area contributed by atoms with Crippen LogP contribution in [0.25, 0.3) is 0 Å². The Morgan fingerprint density at radius 1 is 1.29 bits per heavy atom. The summed E-state index contributed by atoms with van der Waals surface area (Å²) in [5, 5.41) is 9.00. The SMILES string of the molecule is CC(C)N(CC(C)(C)C)S(=O)(=O)c1cccc(C(=O)O)c1. The number of carbonyl (C=O) groups is 1. The molecule has 0 atom stereocenters. The molecule has 118 valence electrons. The Morgan fingerprint density at radius 2 is 1.86 bits per heavy atom. The first-order valence-corrected chi connectivity index (χ1v) is 8.24. The molecule has 0 spiro atoms. The maximum atomic E-state index is 12.8. The van der Waals surface area contributed by atoms with Crippen LogP contribution in [0.2, 0.25) is 0 Å². The van der Waals surface area contributed by atoms with Crippen LogP contribution < -0.4 is 0 Å². The summed E-state index contributed by atoms with van der Waals surface area (Å²) in [5.74, 6) is -1.14. The van der Waals surface area contributed by atoms with E-state index in [9.17, 15) is 13.2 Å². The molecule has 1 rings (SSSR count). The zero-order valence-electron chi connectivity index (χ0n) is 13.1. The van der Waals surface area contributed by atoms with Crippen molar-refractivity contribution in [1.29, 1.82) is 0 Å². The van der Waals surface area contributed by atoms with Gasteiger partial charge in [0.25, 0.3) is 0 Å². The van der Waals surface area contributed by atoms with Crippen LogP contribution in [0.5, 0.6) is 0 Å². The van der Waals surface area contributed by atoms with E-state index in [2.05, 4.69) is 0 Å². The highest BCUT2D eigenvalue weighted by atomic mass is 32.2. The van der Waals surface area contributed by atoms with Crippen LogP contribution in [0, 0.1) is 5.41 Å². The van der Waals surface area contributed by atoms with Gasteiger partial charge in [-0.3, -0.25) is 0 Å². The van der Waals surface area contributed by atoms with Crippen molar-refractivity contribution in [3.8, 4) is 0 Å². The first-order valence-electron chi connectivity index (χ1n) is 6.80. The summed E-state index contributed by atoms with van der Waals surface area (Å²) in [6.45, 7) is 9.88. The van der Waals surface area contributed by atoms with Gasteiger partial charge in [-0.05, 0) is 37.5 Å². The Kier molecular flexibility index (Phi) is 5.17. The molecule has 0 aliphatic rings. The quantitative estimate of drug-likeness (QED) is 0.907. The summed E-state index contributed by atoms with van der Waals surface area (Å²) >= 11 is 0. The molecule has 0 unspecified atom stereocenters. The van der Waals surface area contributed by atoms with Crippen LogP contribution in [-0.4, -0.2) is 36.4 Å². The van der Waals surface area contributed by atoms with E-state index in [1.807, 2.05) is 34.6 Å². The average Bonchev–Trinajstić information content (AvgIpc) is 2.34. The molecule has 21 heavy (non-hydrogen) atoms. The first-order chi connectivity index (χ1) is 9.45. The molecule has 5 nitrogen and oxygen atoms in total. The van der Waals surface area contributed by atoms with E-state index < -0.39 is 16.0 Å². The van der Waals surface area contributed by atoms with Crippen molar-refractivity contribution in [2.24, 2.45) is 5.41 Å². The second-order valence-corrected chi connectivity index (χ2v) is 8.43. The lowest BCUT2D eigenvalue weighted by atomic mass is 9.97. The summed E-state index contributed by atoms with van der Waals surface area (Å²) in [6.07, 6.45) is 0. The summed E-state index contributed by atoms with van der Waals surface area (Å²) in [6, 6.07) is 5.26. The number of carboxylic acid groups (broad SMARTS) is 1. The molecule has 0 aliphatic carbocycles. The molecule has 0 radical (unpaired) electrons. The number of carboxylic acids is 1. The largest absolute Gasteiger partial charge is 0.478 e. The minimum atomic E-state index is -3.72. The highest BCUT2D eigenvalue weighted by molar-refractivity contribution is 7.89. The number of sulfonamides is 1. The zero-order chi connectivity index (χ0) is 16.4. The molecule has 0 saturated carbocycles. The fourth-order valence-electron chi connectivity index (χ4n) is 1.94. The van der Waals surface area contributed by atoms with Gasteiger partial charge in [-0.25, -0.2) is 13.2 Å². The molecule has 0 aromatic heterocycles. The molecular weight excluding hydrogens is 290 g/mol. The van der Waals surface area contributed by atoms with Crippen molar-refractivity contribution in [3.05, 3.63) is 29.8 Å². The van der Waals surface area contributed by atoms with Crippen LogP contribution in [0.3, 0.4) is 0 Å². The number of hydrogen-bond donors (Lipinski definition) is 1. The lowest BCUT2D eigenvalue weighted by molar-refractivity contribution is 0.0696. The molecule has 0 aliphatic heterocycles. The van der Waals surface area contributed by atoms with E-state index >= 15 is 0 Å². The smallest absolute Gasteiger partial charge is 0.335 e. The van der Waals surface area contributed by atoms with E-state index in [-0.39, 0.29) is 21.9 Å². The molecule has 6 heteroatoms. The van der Waals surface area contributed by atoms with E-state index in [4.69, 9.17) is 5.11 Å². The summed E-state index contributed by atoms with van der Waals surface area (Å²) in [7, 11) is -3.72. The molecular formula is C15H23NO4S. The highest BCUT2D eigenvalue weighted by Crippen LogP contribution is 2.24. The molecule has 0 fully saturated rings. The summed E-state index contributed by atoms with van der Waals surface area (Å²) in [5.41, 5.74) is -0.225. The van der Waals surface area contributed by atoms with Crippen LogP contribution in [0.4, 0.5) is 0 Å². The van der Waals surface area contributed by atoms with E-state index in [1.165, 1.54) is 28.6 Å². The number of rotatable bonds is 5. The van der Waals surface area contributed by atoms with Crippen LogP contribution >= 0.6 is 0 Å². The Hall–Kier alpha value is -1.40. The second kappa shape index (κ2) is 6.15. The van der Waals surface area contributed by atoms with Gasteiger partial charge in [-0.2, -0.15) is 4.31 Å². The van der Waals surface area contributed by atoms with Gasteiger partial charge in [-0.1, -0.05) is 26.8 Å². The summed E-state index contributed by atoms with van der Waals surface area (Å²) in [4.78, 5) is 11.0. The molecule has 1 N–H and O–H groups in total. The molecule has 0 bridgehead atoms. The number of benzene rings is 1. The second-order valence-electron chi connectivity index (χ2n) is 6.54. The maximum absolute atomic E-state index is 12.8. The maximum Gasteiger partial charge on any atom is 0.335 e. The van der Waals surface area contributed by atoms with Crippen molar-refractivity contribution < 1.29 is 18.3 Å². The van der Waals surface area contributed by atoms with E-state index in [0.717, 1.165) is 0 Å². The third kappa shape index (κ3) is 4.54. The van der Waals surface area contributed by atoms with Crippen molar-refractivity contribution in [2.45, 2.75) is 45.6 Å². The fraction of sp³-hybridized carbons (Fsp3) is 0.533. The lowest BCUT2D eigenvalue weighted by Crippen LogP contribution is -2.42. The van der Waals surface area contributed by atoms with Crippen LogP contribution in [0.1, 0.15) is 45.0 Å². The van der Waals surface area contributed by atoms with Crippen molar-refractivity contribution in [2.75, 3.05) is 6.54 Å². The lowest BCUT2D eigenvalue weighted by Gasteiger charge is -2.32. The fourth-order valence-corrected chi connectivity index (χ4v) is 3.85. The zero-order valence-corrected chi connectivity index (χ0v) is 13.9. The molecule has 0 amide bonds. The van der Waals surface area contributed by atoms with Crippen molar-refractivity contribution in [1.82, 2.24) is 4.31 Å². The third-order valence-electron chi connectivity index (χ3n) is 2.89. The van der Waals surface area contributed by atoms with Gasteiger partial charge >= 0.3 is 5.97 Å². The van der Waals surface area contributed by atoms with Gasteiger partial charge < -0.3 is 5.11 Å². The third-order valence-corrected chi connectivity index (χ3v) is 4.91.